The lowest BCUT2D eigenvalue weighted by Crippen LogP contribution is -2.54. The molecule has 13 heteroatoms. The van der Waals surface area contributed by atoms with Crippen LogP contribution >= 0.6 is 0 Å². The zero-order valence-electron chi connectivity index (χ0n) is 22.1. The van der Waals surface area contributed by atoms with Crippen molar-refractivity contribution in [2.75, 3.05) is 71.4 Å². The van der Waals surface area contributed by atoms with E-state index in [1.807, 2.05) is 0 Å². The molecule has 2 aliphatic heterocycles. The molecule has 0 spiro atoms. The molecule has 0 aromatic heterocycles. The second kappa shape index (κ2) is 16.4. The van der Waals surface area contributed by atoms with Gasteiger partial charge in [0.05, 0.1) is 82.7 Å². The fourth-order valence-electron chi connectivity index (χ4n) is 4.01. The second-order valence-corrected chi connectivity index (χ2v) is 8.68. The minimum atomic E-state index is -1.08. The number of rotatable bonds is 18. The maximum absolute atomic E-state index is 13.1. The lowest BCUT2D eigenvalue weighted by Gasteiger charge is -2.27. The van der Waals surface area contributed by atoms with E-state index in [4.69, 9.17) is 30.1 Å². The van der Waals surface area contributed by atoms with E-state index in [9.17, 15) is 24.0 Å². The zero-order chi connectivity index (χ0) is 28.7. The predicted octanol–water partition coefficient (Wildman–Crippen LogP) is 0.133. The van der Waals surface area contributed by atoms with E-state index < -0.39 is 35.6 Å². The van der Waals surface area contributed by atoms with Crippen LogP contribution in [0.3, 0.4) is 0 Å². The summed E-state index contributed by atoms with van der Waals surface area (Å²) >= 11 is 0. The highest BCUT2D eigenvalue weighted by Crippen LogP contribution is 2.32. The number of ether oxygens (including phenoxy) is 5. The van der Waals surface area contributed by atoms with Crippen LogP contribution in [-0.2, 0) is 38.1 Å². The first-order chi connectivity index (χ1) is 19.4. The molecule has 3 rings (SSSR count). The molecular weight excluding hydrogens is 526 g/mol. The van der Waals surface area contributed by atoms with E-state index in [1.54, 1.807) is 0 Å². The van der Waals surface area contributed by atoms with Crippen molar-refractivity contribution < 1.29 is 47.7 Å². The van der Waals surface area contributed by atoms with Gasteiger partial charge in [-0.05, 0) is 18.6 Å². The minimum absolute atomic E-state index is 0.0134. The SMILES string of the molecule is C#CCOCCOCCOCCOCCOCCC(=O)Nc1cccc2c1C(=O)N(C1CCC(=O)NC1=O)C2=O. The number of carbonyl (C=O) groups excluding carboxylic acids is 5. The summed E-state index contributed by atoms with van der Waals surface area (Å²) in [4.78, 5) is 62.9. The van der Waals surface area contributed by atoms with E-state index >= 15 is 0 Å². The number of nitrogens with one attached hydrogen (secondary N) is 2. The molecular formula is C27H33N3O10. The molecule has 0 bridgehead atoms. The number of terminal acetylenes is 1. The third-order valence-corrected chi connectivity index (χ3v) is 5.89. The van der Waals surface area contributed by atoms with Gasteiger partial charge >= 0.3 is 0 Å². The summed E-state index contributed by atoms with van der Waals surface area (Å²) in [6.45, 7) is 3.56. The third-order valence-electron chi connectivity index (χ3n) is 5.89. The Kier molecular flexibility index (Phi) is 12.7. The molecule has 2 heterocycles. The van der Waals surface area contributed by atoms with E-state index in [0.29, 0.717) is 46.2 Å². The summed E-state index contributed by atoms with van der Waals surface area (Å²) in [5.74, 6) is -0.531. The Labute approximate surface area is 231 Å². The van der Waals surface area contributed by atoms with Crippen molar-refractivity contribution in [1.29, 1.82) is 0 Å². The molecule has 0 radical (unpaired) electrons. The molecule has 13 nitrogen and oxygen atoms in total. The maximum Gasteiger partial charge on any atom is 0.264 e. The van der Waals surface area contributed by atoms with Gasteiger partial charge in [-0.15, -0.1) is 6.42 Å². The molecule has 216 valence electrons. The van der Waals surface area contributed by atoms with Crippen LogP contribution in [0.1, 0.15) is 40.0 Å². The summed E-state index contributed by atoms with van der Waals surface area (Å²) in [5, 5.41) is 4.79. The van der Waals surface area contributed by atoms with Gasteiger partial charge in [0.1, 0.15) is 12.6 Å². The van der Waals surface area contributed by atoms with Gasteiger partial charge in [0, 0.05) is 6.42 Å². The van der Waals surface area contributed by atoms with Gasteiger partial charge < -0.3 is 29.0 Å². The van der Waals surface area contributed by atoms with Crippen LogP contribution in [0.2, 0.25) is 0 Å². The molecule has 1 atom stereocenters. The Bertz CT molecular complexity index is 1120. The van der Waals surface area contributed by atoms with E-state index in [0.717, 1.165) is 4.90 Å². The molecule has 0 saturated carbocycles. The average Bonchev–Trinajstić information content (AvgIpc) is 3.18. The number of fused-ring (bicyclic) bond motifs is 1. The summed E-state index contributed by atoms with van der Waals surface area (Å²) in [6.07, 6.45) is 5.15. The summed E-state index contributed by atoms with van der Waals surface area (Å²) in [6, 6.07) is 3.42. The Morgan fingerprint density at radius 2 is 1.50 bits per heavy atom. The van der Waals surface area contributed by atoms with Crippen LogP contribution in [0.5, 0.6) is 0 Å². The lowest BCUT2D eigenvalue weighted by molar-refractivity contribution is -0.136. The lowest BCUT2D eigenvalue weighted by atomic mass is 10.0. The molecule has 5 amide bonds. The molecule has 1 aromatic carbocycles. The first kappa shape index (κ1) is 30.9. The Hall–Kier alpha value is -3.67. The van der Waals surface area contributed by atoms with Crippen molar-refractivity contribution in [3.05, 3.63) is 29.3 Å². The van der Waals surface area contributed by atoms with Crippen molar-refractivity contribution in [2.45, 2.75) is 25.3 Å². The van der Waals surface area contributed by atoms with Gasteiger partial charge in [-0.2, -0.15) is 0 Å². The standard InChI is InChI=1S/C27H33N3O10/c1-2-9-36-11-13-38-15-17-40-18-16-39-14-12-37-10-8-23(32)28-20-5-3-4-19-24(20)27(35)30(26(19)34)21-6-7-22(31)29-25(21)33/h1,3-5,21H,6-18H2,(H,28,32)(H,29,31,33). The number of amides is 5. The van der Waals surface area contributed by atoms with Gasteiger partial charge in [0.25, 0.3) is 11.8 Å². The van der Waals surface area contributed by atoms with Crippen LogP contribution in [-0.4, -0.2) is 107 Å². The minimum Gasteiger partial charge on any atom is -0.379 e. The number of nitrogens with zero attached hydrogens (tertiary/aromatic N) is 1. The number of benzene rings is 1. The van der Waals surface area contributed by atoms with Gasteiger partial charge in [0.2, 0.25) is 17.7 Å². The fraction of sp³-hybridized carbons (Fsp3) is 0.519. The van der Waals surface area contributed by atoms with Crippen molar-refractivity contribution in [3.8, 4) is 12.3 Å². The van der Waals surface area contributed by atoms with Crippen LogP contribution in [0.4, 0.5) is 5.69 Å². The van der Waals surface area contributed by atoms with Crippen molar-refractivity contribution >= 4 is 35.2 Å². The van der Waals surface area contributed by atoms with E-state index in [1.165, 1.54) is 18.2 Å². The number of carbonyl (C=O) groups is 5. The maximum atomic E-state index is 13.1. The van der Waals surface area contributed by atoms with Crippen molar-refractivity contribution in [2.24, 2.45) is 0 Å². The largest absolute Gasteiger partial charge is 0.379 e. The molecule has 0 aliphatic carbocycles. The monoisotopic (exact) mass is 559 g/mol. The third kappa shape index (κ3) is 8.94. The zero-order valence-corrected chi connectivity index (χ0v) is 22.1. The quantitative estimate of drug-likeness (QED) is 0.144. The molecule has 1 unspecified atom stereocenters. The summed E-state index contributed by atoms with van der Waals surface area (Å²) in [5.41, 5.74) is 0.271. The number of hydrogen-bond acceptors (Lipinski definition) is 10. The Morgan fingerprint density at radius 1 is 0.900 bits per heavy atom. The van der Waals surface area contributed by atoms with Crippen LogP contribution in [0.15, 0.2) is 18.2 Å². The van der Waals surface area contributed by atoms with Gasteiger partial charge in [-0.1, -0.05) is 12.0 Å². The highest BCUT2D eigenvalue weighted by atomic mass is 16.6. The average molecular weight is 560 g/mol. The van der Waals surface area contributed by atoms with Gasteiger partial charge in [-0.25, -0.2) is 0 Å². The molecule has 2 aliphatic rings. The highest BCUT2D eigenvalue weighted by Gasteiger charge is 2.45. The van der Waals surface area contributed by atoms with E-state index in [-0.39, 0.29) is 55.9 Å². The van der Waals surface area contributed by atoms with Gasteiger partial charge in [0.15, 0.2) is 0 Å². The van der Waals surface area contributed by atoms with Crippen molar-refractivity contribution in [1.82, 2.24) is 10.2 Å². The second-order valence-electron chi connectivity index (χ2n) is 8.68. The molecule has 40 heavy (non-hydrogen) atoms. The predicted molar refractivity (Wildman–Crippen MR) is 139 cm³/mol. The first-order valence-corrected chi connectivity index (χ1v) is 12.9. The topological polar surface area (TPSA) is 159 Å². The molecule has 1 aromatic rings. The van der Waals surface area contributed by atoms with Crippen LogP contribution < -0.4 is 10.6 Å². The van der Waals surface area contributed by atoms with Crippen LogP contribution in [0.25, 0.3) is 0 Å². The fourth-order valence-corrected chi connectivity index (χ4v) is 4.01. The Morgan fingerprint density at radius 3 is 2.10 bits per heavy atom. The van der Waals surface area contributed by atoms with Crippen molar-refractivity contribution in [3.63, 3.8) is 0 Å². The van der Waals surface area contributed by atoms with E-state index in [2.05, 4.69) is 16.6 Å². The Balaban J connectivity index is 1.29. The number of imide groups is 2. The normalized spacial score (nSPS) is 16.6. The molecule has 1 saturated heterocycles. The number of anilines is 1. The molecule has 2 N–H and O–H groups in total. The number of piperidine rings is 1. The molecule has 1 fully saturated rings. The summed E-state index contributed by atoms with van der Waals surface area (Å²) < 4.78 is 26.6. The van der Waals surface area contributed by atoms with Gasteiger partial charge in [-0.3, -0.25) is 34.2 Å². The summed E-state index contributed by atoms with van der Waals surface area (Å²) in [7, 11) is 0. The first-order valence-electron chi connectivity index (χ1n) is 12.9. The number of hydrogen-bond donors (Lipinski definition) is 2. The highest BCUT2D eigenvalue weighted by molar-refractivity contribution is 6.26. The van der Waals surface area contributed by atoms with Crippen LogP contribution in [0, 0.1) is 12.3 Å². The smallest absolute Gasteiger partial charge is 0.264 e.